The summed E-state index contributed by atoms with van der Waals surface area (Å²) >= 11 is 0. The molecule has 4 nitrogen and oxygen atoms in total. The number of allylic oxidation sites excluding steroid dienone is 1. The standard InChI is InChI=1S/C18H17NO3/c1-3-19(4-2)16-10-9-12(22-16)11-15-17(20)13-7-5-6-8-14(13)18(15)21/h5-11H,3-4H2,1-2H3. The lowest BCUT2D eigenvalue weighted by Crippen LogP contribution is -2.20. The second-order valence-corrected chi connectivity index (χ2v) is 5.11. The van der Waals surface area contributed by atoms with Crippen molar-refractivity contribution >= 4 is 23.5 Å². The number of nitrogens with zero attached hydrogens (tertiary/aromatic N) is 1. The Morgan fingerprint density at radius 3 is 2.09 bits per heavy atom. The number of hydrogen-bond donors (Lipinski definition) is 0. The first-order chi connectivity index (χ1) is 10.7. The number of Topliss-reactive ketones (excluding diaryl/α,β-unsaturated/α-hetero) is 2. The van der Waals surface area contributed by atoms with Crippen LogP contribution in [0.15, 0.2) is 46.4 Å². The first-order valence-corrected chi connectivity index (χ1v) is 7.40. The average molecular weight is 295 g/mol. The Labute approximate surface area is 129 Å². The van der Waals surface area contributed by atoms with Gasteiger partial charge < -0.3 is 9.32 Å². The van der Waals surface area contributed by atoms with E-state index in [0.29, 0.717) is 16.9 Å². The maximum Gasteiger partial charge on any atom is 0.197 e. The second kappa shape index (κ2) is 5.64. The molecule has 0 N–H and O–H groups in total. The van der Waals surface area contributed by atoms with E-state index in [0.717, 1.165) is 19.0 Å². The Bertz CT molecular complexity index is 729. The summed E-state index contributed by atoms with van der Waals surface area (Å²) in [6.07, 6.45) is 1.54. The topological polar surface area (TPSA) is 50.5 Å². The minimum absolute atomic E-state index is 0.168. The third-order valence-corrected chi connectivity index (χ3v) is 3.88. The average Bonchev–Trinajstić information content (AvgIpc) is 3.09. The molecule has 0 aliphatic heterocycles. The van der Waals surface area contributed by atoms with Crippen LogP contribution < -0.4 is 4.90 Å². The van der Waals surface area contributed by atoms with Crippen LogP contribution in [0.25, 0.3) is 6.08 Å². The fourth-order valence-electron chi connectivity index (χ4n) is 2.67. The fourth-order valence-corrected chi connectivity index (χ4v) is 2.67. The normalized spacial score (nSPS) is 13.5. The van der Waals surface area contributed by atoms with Crippen LogP contribution >= 0.6 is 0 Å². The third kappa shape index (κ3) is 2.26. The molecule has 2 aromatic rings. The lowest BCUT2D eigenvalue weighted by Gasteiger charge is -2.16. The molecule has 0 saturated heterocycles. The smallest absolute Gasteiger partial charge is 0.197 e. The Balaban J connectivity index is 1.94. The summed E-state index contributed by atoms with van der Waals surface area (Å²) < 4.78 is 5.73. The first kappa shape index (κ1) is 14.3. The van der Waals surface area contributed by atoms with Crippen molar-refractivity contribution in [2.75, 3.05) is 18.0 Å². The molecule has 0 saturated carbocycles. The number of ketones is 2. The van der Waals surface area contributed by atoms with Gasteiger partial charge >= 0.3 is 0 Å². The predicted octanol–water partition coefficient (Wildman–Crippen LogP) is 3.59. The minimum Gasteiger partial charge on any atom is -0.441 e. The minimum atomic E-state index is -0.235. The van der Waals surface area contributed by atoms with Crippen LogP contribution in [0.5, 0.6) is 0 Å². The maximum atomic E-state index is 12.3. The highest BCUT2D eigenvalue weighted by Crippen LogP contribution is 2.29. The van der Waals surface area contributed by atoms with Crippen molar-refractivity contribution < 1.29 is 14.0 Å². The lowest BCUT2D eigenvalue weighted by atomic mass is 10.1. The van der Waals surface area contributed by atoms with Gasteiger partial charge in [0, 0.05) is 30.3 Å². The number of fused-ring (bicyclic) bond motifs is 1. The molecule has 0 atom stereocenters. The maximum absolute atomic E-state index is 12.3. The highest BCUT2D eigenvalue weighted by atomic mass is 16.4. The molecule has 3 rings (SSSR count). The van der Waals surface area contributed by atoms with E-state index in [1.807, 2.05) is 19.9 Å². The van der Waals surface area contributed by atoms with E-state index in [9.17, 15) is 9.59 Å². The van der Waals surface area contributed by atoms with Gasteiger partial charge in [-0.2, -0.15) is 0 Å². The van der Waals surface area contributed by atoms with Crippen LogP contribution in [0.2, 0.25) is 0 Å². The van der Waals surface area contributed by atoms with E-state index in [1.54, 1.807) is 30.3 Å². The largest absolute Gasteiger partial charge is 0.441 e. The zero-order valence-corrected chi connectivity index (χ0v) is 12.6. The molecule has 0 amide bonds. The molecule has 4 heteroatoms. The number of furan rings is 1. The Hall–Kier alpha value is -2.62. The van der Waals surface area contributed by atoms with E-state index in [4.69, 9.17) is 4.42 Å². The van der Waals surface area contributed by atoms with Gasteiger partial charge in [0.2, 0.25) is 0 Å². The van der Waals surface area contributed by atoms with Gasteiger partial charge in [-0.25, -0.2) is 0 Å². The van der Waals surface area contributed by atoms with Gasteiger partial charge in [0.25, 0.3) is 0 Å². The van der Waals surface area contributed by atoms with E-state index >= 15 is 0 Å². The summed E-state index contributed by atoms with van der Waals surface area (Å²) in [5.74, 6) is 0.793. The SMILES string of the molecule is CCN(CC)c1ccc(C=C2C(=O)c3ccccc3C2=O)o1. The molecule has 22 heavy (non-hydrogen) atoms. The lowest BCUT2D eigenvalue weighted by molar-refractivity contribution is 0.0990. The molecular weight excluding hydrogens is 278 g/mol. The Morgan fingerprint density at radius 2 is 1.55 bits per heavy atom. The Morgan fingerprint density at radius 1 is 0.955 bits per heavy atom. The van der Waals surface area contributed by atoms with Crippen LogP contribution in [-0.2, 0) is 0 Å². The highest BCUT2D eigenvalue weighted by Gasteiger charge is 2.32. The molecule has 1 aromatic carbocycles. The first-order valence-electron chi connectivity index (χ1n) is 7.40. The number of carbonyl (C=O) groups excluding carboxylic acids is 2. The van der Waals surface area contributed by atoms with Gasteiger partial charge in [0.1, 0.15) is 5.76 Å². The monoisotopic (exact) mass is 295 g/mol. The van der Waals surface area contributed by atoms with Gasteiger partial charge in [0.15, 0.2) is 17.5 Å². The second-order valence-electron chi connectivity index (χ2n) is 5.11. The molecule has 0 spiro atoms. The van der Waals surface area contributed by atoms with Crippen LogP contribution in [0.1, 0.15) is 40.3 Å². The van der Waals surface area contributed by atoms with Gasteiger partial charge in [-0.3, -0.25) is 9.59 Å². The molecule has 1 heterocycles. The number of benzene rings is 1. The molecular formula is C18H17NO3. The van der Waals surface area contributed by atoms with E-state index in [1.165, 1.54) is 6.08 Å². The summed E-state index contributed by atoms with van der Waals surface area (Å²) in [5.41, 5.74) is 1.10. The van der Waals surface area contributed by atoms with Gasteiger partial charge in [-0.15, -0.1) is 0 Å². The van der Waals surface area contributed by atoms with Gasteiger partial charge in [-0.05, 0) is 26.0 Å². The van der Waals surface area contributed by atoms with Crippen molar-refractivity contribution in [3.63, 3.8) is 0 Å². The zero-order chi connectivity index (χ0) is 15.7. The summed E-state index contributed by atoms with van der Waals surface area (Å²) in [4.78, 5) is 26.7. The molecule has 0 bridgehead atoms. The number of carbonyl (C=O) groups is 2. The van der Waals surface area contributed by atoms with Crippen molar-refractivity contribution in [1.82, 2.24) is 0 Å². The van der Waals surface area contributed by atoms with Crippen molar-refractivity contribution in [3.8, 4) is 0 Å². The molecule has 0 fully saturated rings. The van der Waals surface area contributed by atoms with E-state index < -0.39 is 0 Å². The molecule has 1 aliphatic carbocycles. The summed E-state index contributed by atoms with van der Waals surface area (Å²) in [6.45, 7) is 5.77. The molecule has 1 aromatic heterocycles. The van der Waals surface area contributed by atoms with Crippen LogP contribution in [0.4, 0.5) is 5.88 Å². The Kier molecular flexibility index (Phi) is 3.67. The number of hydrogen-bond acceptors (Lipinski definition) is 4. The highest BCUT2D eigenvalue weighted by molar-refractivity contribution is 6.41. The summed E-state index contributed by atoms with van der Waals surface area (Å²) in [7, 11) is 0. The predicted molar refractivity (Wildman–Crippen MR) is 85.3 cm³/mol. The molecule has 1 aliphatic rings. The summed E-state index contributed by atoms with van der Waals surface area (Å²) in [5, 5.41) is 0. The van der Waals surface area contributed by atoms with Crippen molar-refractivity contribution in [3.05, 3.63) is 58.9 Å². The van der Waals surface area contributed by atoms with Crippen molar-refractivity contribution in [2.45, 2.75) is 13.8 Å². The molecule has 0 radical (unpaired) electrons. The van der Waals surface area contributed by atoms with Crippen LogP contribution in [0, 0.1) is 0 Å². The fraction of sp³-hybridized carbons (Fsp3) is 0.222. The quantitative estimate of drug-likeness (QED) is 0.639. The summed E-state index contributed by atoms with van der Waals surface area (Å²) in [6, 6.07) is 10.5. The van der Waals surface area contributed by atoms with Crippen molar-refractivity contribution in [2.24, 2.45) is 0 Å². The zero-order valence-electron chi connectivity index (χ0n) is 12.6. The molecule has 112 valence electrons. The third-order valence-electron chi connectivity index (χ3n) is 3.88. The van der Waals surface area contributed by atoms with Crippen molar-refractivity contribution in [1.29, 1.82) is 0 Å². The van der Waals surface area contributed by atoms with Gasteiger partial charge in [0.05, 0.1) is 5.57 Å². The molecule has 0 unspecified atom stereocenters. The number of rotatable bonds is 4. The van der Waals surface area contributed by atoms with E-state index in [2.05, 4.69) is 4.90 Å². The van der Waals surface area contributed by atoms with E-state index in [-0.39, 0.29) is 17.1 Å². The number of anilines is 1. The van der Waals surface area contributed by atoms with Crippen LogP contribution in [-0.4, -0.2) is 24.7 Å². The van der Waals surface area contributed by atoms with Gasteiger partial charge in [-0.1, -0.05) is 24.3 Å². The van der Waals surface area contributed by atoms with Crippen LogP contribution in [0.3, 0.4) is 0 Å².